The van der Waals surface area contributed by atoms with E-state index in [0.717, 1.165) is 18.9 Å². The molecule has 0 unspecified atom stereocenters. The standard InChI is InChI=1S/C9H15N5O/c10-7-6-8(12-9(11-7)13-15)14-4-2-1-3-5-14/h6,15H,1-5H2,(H3,10,11,12,13). The van der Waals surface area contributed by atoms with Gasteiger partial charge in [-0.15, -0.1) is 0 Å². The molecule has 1 aromatic rings. The van der Waals surface area contributed by atoms with Gasteiger partial charge in [0.1, 0.15) is 11.6 Å². The maximum absolute atomic E-state index is 8.64. The predicted molar refractivity (Wildman–Crippen MR) is 56.4 cm³/mol. The first-order valence-electron chi connectivity index (χ1n) is 5.09. The highest BCUT2D eigenvalue weighted by molar-refractivity contribution is 5.45. The van der Waals surface area contributed by atoms with E-state index >= 15 is 0 Å². The van der Waals surface area contributed by atoms with E-state index in [0.29, 0.717) is 5.82 Å². The molecule has 1 aliphatic rings. The third-order valence-electron chi connectivity index (χ3n) is 2.54. The summed E-state index contributed by atoms with van der Waals surface area (Å²) in [6.07, 6.45) is 3.61. The van der Waals surface area contributed by atoms with Crippen molar-refractivity contribution >= 4 is 11.6 Å². The zero-order valence-electron chi connectivity index (χ0n) is 8.48. The first-order chi connectivity index (χ1) is 7.29. The number of anilines is 2. The zero-order valence-corrected chi connectivity index (χ0v) is 8.48. The minimum atomic E-state index is 0.149. The lowest BCUT2D eigenvalue weighted by molar-refractivity contribution is 0.294. The van der Waals surface area contributed by atoms with Crippen molar-refractivity contribution in [3.05, 3.63) is 11.7 Å². The molecule has 1 fully saturated rings. The van der Waals surface area contributed by atoms with E-state index in [4.69, 9.17) is 10.9 Å². The molecule has 6 heteroatoms. The largest absolute Gasteiger partial charge is 0.408 e. The molecule has 0 radical (unpaired) electrons. The van der Waals surface area contributed by atoms with Crippen LogP contribution in [0.4, 0.5) is 11.6 Å². The Morgan fingerprint density at radius 2 is 2.13 bits per heavy atom. The third-order valence-corrected chi connectivity index (χ3v) is 2.54. The van der Waals surface area contributed by atoms with Crippen LogP contribution in [0.3, 0.4) is 0 Å². The van der Waals surface area contributed by atoms with Gasteiger partial charge in [0, 0.05) is 19.2 Å². The maximum Gasteiger partial charge on any atom is 0.266 e. The summed E-state index contributed by atoms with van der Waals surface area (Å²) in [6, 6.07) is 1.76. The van der Waals surface area contributed by atoms with Crippen LogP contribution < -0.4 is 16.3 Å². The molecular weight excluding hydrogens is 194 g/mol. The number of aromatic nitrogens is 2. The molecule has 0 bridgehead atoms. The number of H-pyrrole nitrogens is 1. The van der Waals surface area contributed by atoms with Gasteiger partial charge in [-0.25, -0.2) is 0 Å². The Hall–Kier alpha value is -1.72. The van der Waals surface area contributed by atoms with Gasteiger partial charge in [-0.1, -0.05) is 0 Å². The van der Waals surface area contributed by atoms with Crippen LogP contribution in [0.5, 0.6) is 0 Å². The monoisotopic (exact) mass is 209 g/mol. The van der Waals surface area contributed by atoms with Gasteiger partial charge in [0.05, 0.1) is 0 Å². The van der Waals surface area contributed by atoms with Crippen molar-refractivity contribution in [2.75, 3.05) is 23.7 Å². The molecule has 0 aliphatic carbocycles. The van der Waals surface area contributed by atoms with Gasteiger partial charge < -0.3 is 20.8 Å². The van der Waals surface area contributed by atoms with E-state index in [-0.39, 0.29) is 5.62 Å². The number of nitrogens with two attached hydrogens (primary N) is 1. The van der Waals surface area contributed by atoms with E-state index in [2.05, 4.69) is 20.0 Å². The summed E-state index contributed by atoms with van der Waals surface area (Å²) >= 11 is 0. The highest BCUT2D eigenvalue weighted by Gasteiger charge is 2.12. The second kappa shape index (κ2) is 4.20. The van der Waals surface area contributed by atoms with Gasteiger partial charge in [-0.3, -0.25) is 0 Å². The number of nitrogen functional groups attached to an aromatic ring is 1. The number of nitrogens with zero attached hydrogens (tertiary/aromatic N) is 3. The van der Waals surface area contributed by atoms with Crippen molar-refractivity contribution in [1.29, 1.82) is 0 Å². The third kappa shape index (κ3) is 2.20. The Bertz CT molecular complexity index is 394. The summed E-state index contributed by atoms with van der Waals surface area (Å²) < 4.78 is 0. The van der Waals surface area contributed by atoms with Gasteiger partial charge in [0.2, 0.25) is 0 Å². The van der Waals surface area contributed by atoms with Crippen LogP contribution in [0.15, 0.2) is 11.2 Å². The molecule has 1 saturated heterocycles. The van der Waals surface area contributed by atoms with Gasteiger partial charge in [-0.05, 0) is 24.4 Å². The van der Waals surface area contributed by atoms with Crippen molar-refractivity contribution in [1.82, 2.24) is 9.97 Å². The molecule has 0 atom stereocenters. The molecule has 82 valence electrons. The number of piperidine rings is 1. The molecule has 0 saturated carbocycles. The molecule has 1 aromatic heterocycles. The fourth-order valence-corrected chi connectivity index (χ4v) is 1.81. The highest BCUT2D eigenvalue weighted by atomic mass is 16.4. The average molecular weight is 209 g/mol. The average Bonchev–Trinajstić information content (AvgIpc) is 2.29. The van der Waals surface area contributed by atoms with Crippen LogP contribution in [0, 0.1) is 0 Å². The number of rotatable bonds is 1. The number of aromatic amines is 1. The first-order valence-corrected chi connectivity index (χ1v) is 5.09. The topological polar surface area (TPSA) is 90.5 Å². The van der Waals surface area contributed by atoms with E-state index in [1.54, 1.807) is 6.07 Å². The maximum atomic E-state index is 8.64. The lowest BCUT2D eigenvalue weighted by Gasteiger charge is -2.27. The summed E-state index contributed by atoms with van der Waals surface area (Å²) in [6.45, 7) is 1.97. The summed E-state index contributed by atoms with van der Waals surface area (Å²) in [5.41, 5.74) is 5.80. The molecule has 0 amide bonds. The van der Waals surface area contributed by atoms with Crippen LogP contribution in [-0.2, 0) is 0 Å². The molecule has 0 aromatic carbocycles. The molecule has 2 rings (SSSR count). The van der Waals surface area contributed by atoms with Crippen LogP contribution in [0.2, 0.25) is 0 Å². The molecule has 0 spiro atoms. The summed E-state index contributed by atoms with van der Waals surface area (Å²) in [5, 5.41) is 11.7. The van der Waals surface area contributed by atoms with Crippen molar-refractivity contribution in [3.63, 3.8) is 0 Å². The fraction of sp³-hybridized carbons (Fsp3) is 0.556. The lowest BCUT2D eigenvalue weighted by atomic mass is 10.1. The van der Waals surface area contributed by atoms with Crippen LogP contribution in [-0.4, -0.2) is 28.3 Å². The Labute approximate surface area is 87.4 Å². The smallest absolute Gasteiger partial charge is 0.266 e. The van der Waals surface area contributed by atoms with E-state index in [9.17, 15) is 0 Å². The molecule has 2 heterocycles. The second-order valence-corrected chi connectivity index (χ2v) is 3.67. The number of hydrogen-bond acceptors (Lipinski definition) is 5. The minimum Gasteiger partial charge on any atom is -0.408 e. The fourth-order valence-electron chi connectivity index (χ4n) is 1.81. The normalized spacial score (nSPS) is 18.1. The van der Waals surface area contributed by atoms with Crippen molar-refractivity contribution in [2.24, 2.45) is 5.16 Å². The van der Waals surface area contributed by atoms with E-state index < -0.39 is 0 Å². The predicted octanol–water partition coefficient (Wildman–Crippen LogP) is 0.272. The Balaban J connectivity index is 2.30. The molecule has 4 N–H and O–H groups in total. The van der Waals surface area contributed by atoms with Crippen molar-refractivity contribution < 1.29 is 5.21 Å². The van der Waals surface area contributed by atoms with Gasteiger partial charge >= 0.3 is 0 Å². The number of nitrogens with one attached hydrogen (secondary N) is 1. The van der Waals surface area contributed by atoms with Gasteiger partial charge in [0.15, 0.2) is 0 Å². The summed E-state index contributed by atoms with van der Waals surface area (Å²) in [4.78, 5) is 8.96. The quantitative estimate of drug-likeness (QED) is 0.457. The van der Waals surface area contributed by atoms with E-state index in [1.165, 1.54) is 19.3 Å². The summed E-state index contributed by atoms with van der Waals surface area (Å²) in [5.74, 6) is 1.23. The van der Waals surface area contributed by atoms with E-state index in [1.807, 2.05) is 0 Å². The molecular formula is C9H15N5O. The molecule has 15 heavy (non-hydrogen) atoms. The Kier molecular flexibility index (Phi) is 2.75. The van der Waals surface area contributed by atoms with Crippen LogP contribution >= 0.6 is 0 Å². The first kappa shape index (κ1) is 9.82. The zero-order chi connectivity index (χ0) is 10.7. The minimum absolute atomic E-state index is 0.149. The lowest BCUT2D eigenvalue weighted by Crippen LogP contribution is -2.32. The van der Waals surface area contributed by atoms with Crippen molar-refractivity contribution in [3.8, 4) is 0 Å². The second-order valence-electron chi connectivity index (χ2n) is 3.67. The molecule has 1 aliphatic heterocycles. The summed E-state index contributed by atoms with van der Waals surface area (Å²) in [7, 11) is 0. The Morgan fingerprint density at radius 3 is 2.80 bits per heavy atom. The highest BCUT2D eigenvalue weighted by Crippen LogP contribution is 2.16. The van der Waals surface area contributed by atoms with Crippen LogP contribution in [0.25, 0.3) is 0 Å². The van der Waals surface area contributed by atoms with Crippen LogP contribution in [0.1, 0.15) is 19.3 Å². The SMILES string of the molecule is Nc1cc(N2CCCCC2)nc(=NO)[nH]1. The number of hydrogen-bond donors (Lipinski definition) is 3. The Morgan fingerprint density at radius 1 is 1.40 bits per heavy atom. The molecule has 6 nitrogen and oxygen atoms in total. The van der Waals surface area contributed by atoms with Gasteiger partial charge in [-0.2, -0.15) is 4.98 Å². The van der Waals surface area contributed by atoms with Gasteiger partial charge in [0.25, 0.3) is 5.62 Å². The van der Waals surface area contributed by atoms with Crippen molar-refractivity contribution in [2.45, 2.75) is 19.3 Å².